The second-order valence-corrected chi connectivity index (χ2v) is 8.77. The van der Waals surface area contributed by atoms with Crippen LogP contribution in [0.1, 0.15) is 30.5 Å². The van der Waals surface area contributed by atoms with Gasteiger partial charge in [-0.3, -0.25) is 4.79 Å². The van der Waals surface area contributed by atoms with Crippen molar-refractivity contribution in [1.29, 1.82) is 0 Å². The highest BCUT2D eigenvalue weighted by atomic mass is 16.5. The van der Waals surface area contributed by atoms with Gasteiger partial charge in [-0.05, 0) is 22.6 Å². The van der Waals surface area contributed by atoms with Crippen LogP contribution in [0.5, 0.6) is 0 Å². The van der Waals surface area contributed by atoms with E-state index in [1.54, 1.807) is 0 Å². The summed E-state index contributed by atoms with van der Waals surface area (Å²) >= 11 is 0. The van der Waals surface area contributed by atoms with E-state index < -0.39 is 30.1 Å². The Hall–Kier alpha value is -4.13. The smallest absolute Gasteiger partial charge is 0.408 e. The molecule has 0 fully saturated rings. The van der Waals surface area contributed by atoms with Gasteiger partial charge < -0.3 is 20.1 Å². The Kier molecular flexibility index (Phi) is 10.1. The van der Waals surface area contributed by atoms with Crippen LogP contribution in [-0.2, 0) is 38.7 Å². The van der Waals surface area contributed by atoms with Crippen LogP contribution in [0.15, 0.2) is 91.0 Å². The molecular weight excluding hydrogens is 456 g/mol. The number of ether oxygens (including phenoxy) is 2. The van der Waals surface area contributed by atoms with Crippen molar-refractivity contribution in [2.24, 2.45) is 5.92 Å². The summed E-state index contributed by atoms with van der Waals surface area (Å²) in [5, 5.41) is 5.42. The number of carbonyl (C=O) groups is 3. The molecule has 0 aromatic heterocycles. The van der Waals surface area contributed by atoms with Gasteiger partial charge in [-0.15, -0.1) is 0 Å². The largest absolute Gasteiger partial charge is 0.459 e. The van der Waals surface area contributed by atoms with Gasteiger partial charge in [0.15, 0.2) is 0 Å². The molecule has 0 saturated carbocycles. The normalized spacial score (nSPS) is 12.3. The number of hydrogen-bond donors (Lipinski definition) is 2. The van der Waals surface area contributed by atoms with Crippen molar-refractivity contribution >= 4 is 18.0 Å². The van der Waals surface area contributed by atoms with Gasteiger partial charge in [0, 0.05) is 6.42 Å². The summed E-state index contributed by atoms with van der Waals surface area (Å²) in [4.78, 5) is 38.6. The highest BCUT2D eigenvalue weighted by molar-refractivity contribution is 5.90. The van der Waals surface area contributed by atoms with Gasteiger partial charge in [0.05, 0.1) is 0 Å². The summed E-state index contributed by atoms with van der Waals surface area (Å²) in [6.07, 6.45) is -0.487. The van der Waals surface area contributed by atoms with E-state index in [-0.39, 0.29) is 25.6 Å². The molecule has 2 N–H and O–H groups in total. The summed E-state index contributed by atoms with van der Waals surface area (Å²) < 4.78 is 10.8. The molecule has 0 aliphatic carbocycles. The highest BCUT2D eigenvalue weighted by Gasteiger charge is 2.30. The molecular formula is C29H32N2O5. The van der Waals surface area contributed by atoms with E-state index in [1.807, 2.05) is 105 Å². The van der Waals surface area contributed by atoms with E-state index in [9.17, 15) is 14.4 Å². The van der Waals surface area contributed by atoms with Crippen LogP contribution in [0.4, 0.5) is 4.79 Å². The first kappa shape index (κ1) is 26.5. The molecule has 3 aromatic rings. The predicted molar refractivity (Wildman–Crippen MR) is 137 cm³/mol. The number of nitrogens with one attached hydrogen (secondary N) is 2. The van der Waals surface area contributed by atoms with Crippen molar-refractivity contribution < 1.29 is 23.9 Å². The lowest BCUT2D eigenvalue weighted by atomic mass is 10.0. The summed E-state index contributed by atoms with van der Waals surface area (Å²) in [6.45, 7) is 3.83. The zero-order valence-electron chi connectivity index (χ0n) is 20.6. The van der Waals surface area contributed by atoms with Crippen molar-refractivity contribution in [3.63, 3.8) is 0 Å². The maximum atomic E-state index is 13.3. The zero-order valence-corrected chi connectivity index (χ0v) is 20.6. The van der Waals surface area contributed by atoms with Crippen LogP contribution in [-0.4, -0.2) is 30.1 Å². The summed E-state index contributed by atoms with van der Waals surface area (Å²) in [7, 11) is 0. The number of hydrogen-bond acceptors (Lipinski definition) is 5. The van der Waals surface area contributed by atoms with Crippen molar-refractivity contribution in [2.45, 2.75) is 45.6 Å². The summed E-state index contributed by atoms with van der Waals surface area (Å²) in [5.74, 6) is -1.25. The number of rotatable bonds is 11. The highest BCUT2D eigenvalue weighted by Crippen LogP contribution is 2.10. The van der Waals surface area contributed by atoms with Gasteiger partial charge in [0.25, 0.3) is 0 Å². The molecule has 0 saturated heterocycles. The molecule has 36 heavy (non-hydrogen) atoms. The lowest BCUT2D eigenvalue weighted by Crippen LogP contribution is -2.54. The molecule has 188 valence electrons. The van der Waals surface area contributed by atoms with Crippen molar-refractivity contribution in [3.05, 3.63) is 108 Å². The third kappa shape index (κ3) is 8.58. The lowest BCUT2D eigenvalue weighted by molar-refractivity contribution is -0.150. The van der Waals surface area contributed by atoms with Crippen LogP contribution in [0.25, 0.3) is 0 Å². The minimum Gasteiger partial charge on any atom is -0.459 e. The molecule has 0 spiro atoms. The quantitative estimate of drug-likeness (QED) is 0.390. The van der Waals surface area contributed by atoms with Crippen LogP contribution < -0.4 is 10.6 Å². The van der Waals surface area contributed by atoms with Gasteiger partial charge in [-0.1, -0.05) is 105 Å². The Morgan fingerprint density at radius 2 is 1.14 bits per heavy atom. The fraction of sp³-hybridized carbons (Fsp3) is 0.276. The number of esters is 1. The second kappa shape index (κ2) is 13.7. The molecule has 0 radical (unpaired) electrons. The lowest BCUT2D eigenvalue weighted by Gasteiger charge is -2.24. The average molecular weight is 489 g/mol. The van der Waals surface area contributed by atoms with E-state index in [0.29, 0.717) is 0 Å². The predicted octanol–water partition coefficient (Wildman–Crippen LogP) is 4.41. The van der Waals surface area contributed by atoms with E-state index in [2.05, 4.69) is 10.6 Å². The van der Waals surface area contributed by atoms with Gasteiger partial charge in [0.2, 0.25) is 5.91 Å². The Labute approximate surface area is 211 Å². The van der Waals surface area contributed by atoms with E-state index in [4.69, 9.17) is 9.47 Å². The number of benzene rings is 3. The number of amides is 2. The molecule has 3 rings (SSSR count). The Morgan fingerprint density at radius 3 is 1.64 bits per heavy atom. The molecule has 0 heterocycles. The van der Waals surface area contributed by atoms with Gasteiger partial charge >= 0.3 is 12.1 Å². The molecule has 0 bridgehead atoms. The maximum absolute atomic E-state index is 13.3. The van der Waals surface area contributed by atoms with Crippen LogP contribution >= 0.6 is 0 Å². The van der Waals surface area contributed by atoms with Gasteiger partial charge in [-0.2, -0.15) is 0 Å². The molecule has 1 unspecified atom stereocenters. The monoisotopic (exact) mass is 488 g/mol. The first-order chi connectivity index (χ1) is 17.4. The average Bonchev–Trinajstić information content (AvgIpc) is 2.90. The Morgan fingerprint density at radius 1 is 0.667 bits per heavy atom. The minimum atomic E-state index is -0.946. The fourth-order valence-electron chi connectivity index (χ4n) is 3.54. The standard InChI is InChI=1S/C29H32N2O5/c1-21(2)26(28(33)35-19-23-14-8-4-9-15-23)31-27(32)25(18-22-12-6-3-7-13-22)30-29(34)36-20-24-16-10-5-11-17-24/h3-17,21,25-26H,18-20H2,1-2H3,(H,30,34)(H,31,32)/t25?,26-/m1/s1. The Balaban J connectivity index is 1.65. The molecule has 0 aliphatic rings. The first-order valence-electron chi connectivity index (χ1n) is 11.9. The molecule has 3 aromatic carbocycles. The van der Waals surface area contributed by atoms with Crippen LogP contribution in [0.3, 0.4) is 0 Å². The topological polar surface area (TPSA) is 93.7 Å². The van der Waals surface area contributed by atoms with Gasteiger partial charge in [0.1, 0.15) is 25.3 Å². The minimum absolute atomic E-state index is 0.0762. The third-order valence-electron chi connectivity index (χ3n) is 5.55. The van der Waals surface area contributed by atoms with E-state index >= 15 is 0 Å². The molecule has 2 atom stereocenters. The third-order valence-corrected chi connectivity index (χ3v) is 5.55. The zero-order chi connectivity index (χ0) is 25.8. The maximum Gasteiger partial charge on any atom is 0.408 e. The van der Waals surface area contributed by atoms with Crippen molar-refractivity contribution in [2.75, 3.05) is 0 Å². The first-order valence-corrected chi connectivity index (χ1v) is 11.9. The van der Waals surface area contributed by atoms with Crippen molar-refractivity contribution in [3.8, 4) is 0 Å². The SMILES string of the molecule is CC(C)[C@@H](NC(=O)C(Cc1ccccc1)NC(=O)OCc1ccccc1)C(=O)OCc1ccccc1. The number of alkyl carbamates (subject to hydrolysis) is 1. The molecule has 0 aliphatic heterocycles. The fourth-order valence-corrected chi connectivity index (χ4v) is 3.54. The van der Waals surface area contributed by atoms with Crippen LogP contribution in [0, 0.1) is 5.92 Å². The van der Waals surface area contributed by atoms with E-state index in [1.165, 1.54) is 0 Å². The Bertz CT molecular complexity index is 1100. The molecule has 7 nitrogen and oxygen atoms in total. The van der Waals surface area contributed by atoms with Crippen molar-refractivity contribution in [1.82, 2.24) is 10.6 Å². The van der Waals surface area contributed by atoms with E-state index in [0.717, 1.165) is 16.7 Å². The summed E-state index contributed by atoms with van der Waals surface area (Å²) in [5.41, 5.74) is 2.54. The number of carbonyl (C=O) groups excluding carboxylic acids is 3. The molecule has 7 heteroatoms. The summed E-state index contributed by atoms with van der Waals surface area (Å²) in [6, 6.07) is 26.1. The molecule has 2 amide bonds. The second-order valence-electron chi connectivity index (χ2n) is 8.77. The van der Waals surface area contributed by atoms with Gasteiger partial charge in [-0.25, -0.2) is 9.59 Å². The van der Waals surface area contributed by atoms with Crippen LogP contribution in [0.2, 0.25) is 0 Å².